The highest BCUT2D eigenvalue weighted by Crippen LogP contribution is 2.20. The fraction of sp³-hybridized carbons (Fsp3) is 0.375. The van der Waals surface area contributed by atoms with E-state index in [0.717, 1.165) is 5.56 Å². The topological polar surface area (TPSA) is 119 Å². The minimum absolute atomic E-state index is 0. The van der Waals surface area contributed by atoms with Crippen LogP contribution in [0.15, 0.2) is 23.1 Å². The third-order valence-electron chi connectivity index (χ3n) is 3.96. The lowest BCUT2D eigenvalue weighted by molar-refractivity contribution is -0.117. The molecule has 0 aliphatic heterocycles. The average molecular weight is 402 g/mol. The van der Waals surface area contributed by atoms with E-state index in [1.807, 2.05) is 6.92 Å². The lowest BCUT2D eigenvalue weighted by Crippen LogP contribution is -2.41. The van der Waals surface area contributed by atoms with E-state index < -0.39 is 22.0 Å². The van der Waals surface area contributed by atoms with Gasteiger partial charge in [-0.05, 0) is 45.4 Å². The molecule has 0 radical (unpaired) electrons. The molecule has 1 heterocycles. The fourth-order valence-corrected chi connectivity index (χ4v) is 4.14. The Morgan fingerprint density at radius 2 is 1.88 bits per heavy atom. The number of rotatable bonds is 5. The molecule has 1 aromatic carbocycles. The lowest BCUT2D eigenvalue weighted by atomic mass is 10.1. The molecular weight excluding hydrogens is 378 g/mol. The first-order valence-electron chi connectivity index (χ1n) is 7.72. The minimum Gasteiger partial charge on any atom is -0.399 e. The summed E-state index contributed by atoms with van der Waals surface area (Å²) in [5.41, 5.74) is 8.49. The third-order valence-corrected chi connectivity index (χ3v) is 5.75. The minimum atomic E-state index is -3.87. The van der Waals surface area contributed by atoms with E-state index >= 15 is 0 Å². The van der Waals surface area contributed by atoms with Crippen molar-refractivity contribution in [2.75, 3.05) is 11.1 Å². The molecule has 2 rings (SSSR count). The van der Waals surface area contributed by atoms with Gasteiger partial charge in [0.05, 0.1) is 17.4 Å². The Kier molecular flexibility index (Phi) is 6.81. The summed E-state index contributed by atoms with van der Waals surface area (Å²) in [6.07, 6.45) is 0. The highest BCUT2D eigenvalue weighted by molar-refractivity contribution is 7.89. The summed E-state index contributed by atoms with van der Waals surface area (Å²) in [6, 6.07) is 4.17. The predicted molar refractivity (Wildman–Crippen MR) is 104 cm³/mol. The number of benzene rings is 1. The summed E-state index contributed by atoms with van der Waals surface area (Å²) in [7, 11) is -2.21. The van der Waals surface area contributed by atoms with Gasteiger partial charge in [-0.1, -0.05) is 6.07 Å². The van der Waals surface area contributed by atoms with Crippen molar-refractivity contribution >= 4 is 39.7 Å². The molecule has 4 N–H and O–H groups in total. The molecule has 2 aromatic rings. The van der Waals surface area contributed by atoms with Crippen molar-refractivity contribution in [1.82, 2.24) is 14.5 Å². The summed E-state index contributed by atoms with van der Waals surface area (Å²) in [4.78, 5) is 12.5. The Morgan fingerprint density at radius 3 is 2.42 bits per heavy atom. The van der Waals surface area contributed by atoms with Crippen LogP contribution >= 0.6 is 12.4 Å². The molecule has 0 fully saturated rings. The van der Waals surface area contributed by atoms with Crippen LogP contribution in [0.5, 0.6) is 0 Å². The molecular formula is C16H24ClN5O3S. The third kappa shape index (κ3) is 4.54. The molecule has 1 aromatic heterocycles. The zero-order valence-electron chi connectivity index (χ0n) is 15.3. The van der Waals surface area contributed by atoms with Gasteiger partial charge < -0.3 is 11.1 Å². The molecule has 0 saturated heterocycles. The first-order chi connectivity index (χ1) is 11.5. The van der Waals surface area contributed by atoms with Crippen molar-refractivity contribution in [2.45, 2.75) is 38.6 Å². The van der Waals surface area contributed by atoms with Crippen LogP contribution in [0.3, 0.4) is 0 Å². The number of anilines is 2. The van der Waals surface area contributed by atoms with Gasteiger partial charge in [-0.2, -0.15) is 9.82 Å². The maximum absolute atomic E-state index is 12.6. The molecule has 144 valence electrons. The number of amides is 1. The van der Waals surface area contributed by atoms with Crippen LogP contribution in [0.2, 0.25) is 0 Å². The molecule has 8 nitrogen and oxygen atoms in total. The Balaban J connectivity index is 0.00000338. The van der Waals surface area contributed by atoms with Crippen LogP contribution in [-0.4, -0.2) is 30.1 Å². The number of hydrogen-bond acceptors (Lipinski definition) is 5. The summed E-state index contributed by atoms with van der Waals surface area (Å²) in [5, 5.41) is 6.79. The first-order valence-corrected chi connectivity index (χ1v) is 9.20. The van der Waals surface area contributed by atoms with Gasteiger partial charge in [0.1, 0.15) is 4.90 Å². The molecule has 1 atom stereocenters. The predicted octanol–water partition coefficient (Wildman–Crippen LogP) is 1.65. The number of nitrogen functional groups attached to an aromatic ring is 1. The zero-order valence-corrected chi connectivity index (χ0v) is 17.0. The molecule has 0 spiro atoms. The Morgan fingerprint density at radius 1 is 1.27 bits per heavy atom. The van der Waals surface area contributed by atoms with Crippen LogP contribution in [0.1, 0.15) is 23.9 Å². The smallest absolute Gasteiger partial charge is 0.244 e. The quantitative estimate of drug-likeness (QED) is 0.658. The number of nitrogens with one attached hydrogen (secondary N) is 2. The second kappa shape index (κ2) is 8.07. The summed E-state index contributed by atoms with van der Waals surface area (Å²) < 4.78 is 29.1. The maximum atomic E-state index is 12.6. The molecule has 1 amide bonds. The van der Waals surface area contributed by atoms with Gasteiger partial charge in [0.2, 0.25) is 15.9 Å². The number of aromatic nitrogens is 2. The molecule has 0 saturated carbocycles. The van der Waals surface area contributed by atoms with Gasteiger partial charge in [-0.3, -0.25) is 9.48 Å². The van der Waals surface area contributed by atoms with Gasteiger partial charge in [0, 0.05) is 18.4 Å². The Hall–Kier alpha value is -2.10. The van der Waals surface area contributed by atoms with Gasteiger partial charge in [0.15, 0.2) is 0 Å². The van der Waals surface area contributed by atoms with E-state index in [4.69, 9.17) is 5.73 Å². The maximum Gasteiger partial charge on any atom is 0.244 e. The SMILES string of the molecule is Cc1ccc(N)cc1NC(=O)C(C)NS(=O)(=O)c1c(C)nn(C)c1C.Cl. The average Bonchev–Trinajstić information content (AvgIpc) is 2.75. The lowest BCUT2D eigenvalue weighted by Gasteiger charge is -2.16. The van der Waals surface area contributed by atoms with Crippen LogP contribution in [0.25, 0.3) is 0 Å². The largest absolute Gasteiger partial charge is 0.399 e. The summed E-state index contributed by atoms with van der Waals surface area (Å²) >= 11 is 0. The number of sulfonamides is 1. The summed E-state index contributed by atoms with van der Waals surface area (Å²) in [5.74, 6) is -0.475. The summed E-state index contributed by atoms with van der Waals surface area (Å²) in [6.45, 7) is 6.58. The van der Waals surface area contributed by atoms with Gasteiger partial charge in [-0.15, -0.1) is 12.4 Å². The van der Waals surface area contributed by atoms with Crippen molar-refractivity contribution in [3.63, 3.8) is 0 Å². The van der Waals surface area contributed by atoms with Crippen molar-refractivity contribution in [2.24, 2.45) is 7.05 Å². The van der Waals surface area contributed by atoms with Gasteiger partial charge in [0.25, 0.3) is 0 Å². The van der Waals surface area contributed by atoms with Crippen LogP contribution < -0.4 is 15.8 Å². The standard InChI is InChI=1S/C16H23N5O3S.ClH/c1-9-6-7-13(17)8-14(9)18-16(22)11(3)20-25(23,24)15-10(2)19-21(5)12(15)4;/h6-8,11,20H,17H2,1-5H3,(H,18,22);1H. The van der Waals surface area contributed by atoms with Crippen molar-refractivity contribution in [1.29, 1.82) is 0 Å². The van der Waals surface area contributed by atoms with Crippen molar-refractivity contribution < 1.29 is 13.2 Å². The Labute approximate surface area is 159 Å². The normalized spacial score (nSPS) is 12.3. The number of aryl methyl sites for hydroxylation is 3. The van der Waals surface area contributed by atoms with E-state index in [1.165, 1.54) is 11.6 Å². The zero-order chi connectivity index (χ0) is 18.9. The molecule has 0 aliphatic carbocycles. The number of nitrogens with two attached hydrogens (primary N) is 1. The fourth-order valence-electron chi connectivity index (χ4n) is 2.50. The molecule has 10 heteroatoms. The Bertz CT molecular complexity index is 924. The first kappa shape index (κ1) is 21.9. The monoisotopic (exact) mass is 401 g/mol. The van der Waals surface area contributed by atoms with Crippen molar-refractivity contribution in [3.05, 3.63) is 35.2 Å². The van der Waals surface area contributed by atoms with Crippen molar-refractivity contribution in [3.8, 4) is 0 Å². The van der Waals surface area contributed by atoms with Crippen LogP contribution in [-0.2, 0) is 21.9 Å². The van der Waals surface area contributed by atoms with Crippen LogP contribution in [0, 0.1) is 20.8 Å². The highest BCUT2D eigenvalue weighted by Gasteiger charge is 2.27. The number of carbonyl (C=O) groups excluding carboxylic acids is 1. The van der Waals surface area contributed by atoms with Crippen LogP contribution in [0.4, 0.5) is 11.4 Å². The number of halogens is 1. The van der Waals surface area contributed by atoms with Gasteiger partial charge >= 0.3 is 0 Å². The second-order valence-electron chi connectivity index (χ2n) is 6.03. The van der Waals surface area contributed by atoms with E-state index in [1.54, 1.807) is 39.1 Å². The van der Waals surface area contributed by atoms with E-state index in [2.05, 4.69) is 15.1 Å². The molecule has 1 unspecified atom stereocenters. The number of hydrogen-bond donors (Lipinski definition) is 3. The van der Waals surface area contributed by atoms with E-state index in [-0.39, 0.29) is 17.3 Å². The molecule has 26 heavy (non-hydrogen) atoms. The number of nitrogens with zero attached hydrogens (tertiary/aromatic N) is 2. The molecule has 0 aliphatic rings. The highest BCUT2D eigenvalue weighted by atomic mass is 35.5. The second-order valence-corrected chi connectivity index (χ2v) is 7.68. The molecule has 0 bridgehead atoms. The van der Waals surface area contributed by atoms with E-state index in [0.29, 0.717) is 22.8 Å². The van der Waals surface area contributed by atoms with Gasteiger partial charge in [-0.25, -0.2) is 8.42 Å². The van der Waals surface area contributed by atoms with E-state index in [9.17, 15) is 13.2 Å². The number of carbonyl (C=O) groups is 1.